The SMILES string of the molecule is COc1ccc([C@H]2O[C@H](C(=O)O)[C@H](c3ccccc3)N2C(=O)OC(C)(C)C)cc1. The number of nitrogens with zero attached hydrogens (tertiary/aromatic N) is 1. The van der Waals surface area contributed by atoms with Crippen molar-refractivity contribution < 1.29 is 28.9 Å². The maximum Gasteiger partial charge on any atom is 0.413 e. The fourth-order valence-corrected chi connectivity index (χ4v) is 3.28. The van der Waals surface area contributed by atoms with Crippen molar-refractivity contribution in [2.24, 2.45) is 0 Å². The van der Waals surface area contributed by atoms with Gasteiger partial charge < -0.3 is 19.3 Å². The molecule has 0 radical (unpaired) electrons. The van der Waals surface area contributed by atoms with Crippen LogP contribution in [0.3, 0.4) is 0 Å². The number of rotatable bonds is 4. The second-order valence-corrected chi connectivity index (χ2v) is 7.76. The zero-order chi connectivity index (χ0) is 21.2. The lowest BCUT2D eigenvalue weighted by molar-refractivity contribution is -0.150. The predicted octanol–water partition coefficient (Wildman–Crippen LogP) is 4.16. The van der Waals surface area contributed by atoms with E-state index >= 15 is 0 Å². The molecule has 1 saturated heterocycles. The third-order valence-corrected chi connectivity index (χ3v) is 4.50. The Morgan fingerprint density at radius 1 is 1.00 bits per heavy atom. The van der Waals surface area contributed by atoms with Gasteiger partial charge in [-0.15, -0.1) is 0 Å². The van der Waals surface area contributed by atoms with Crippen LogP contribution in [-0.2, 0) is 14.3 Å². The topological polar surface area (TPSA) is 85.3 Å². The summed E-state index contributed by atoms with van der Waals surface area (Å²) in [6.07, 6.45) is -2.80. The first-order chi connectivity index (χ1) is 13.7. The minimum Gasteiger partial charge on any atom is -0.497 e. The lowest BCUT2D eigenvalue weighted by Crippen LogP contribution is -2.40. The van der Waals surface area contributed by atoms with Crippen molar-refractivity contribution in [1.29, 1.82) is 0 Å². The summed E-state index contributed by atoms with van der Waals surface area (Å²) in [4.78, 5) is 26.5. The Balaban J connectivity index is 2.07. The van der Waals surface area contributed by atoms with Gasteiger partial charge in [0.2, 0.25) is 0 Å². The number of carbonyl (C=O) groups excluding carboxylic acids is 1. The molecule has 2 aromatic carbocycles. The molecule has 1 heterocycles. The number of hydrogen-bond acceptors (Lipinski definition) is 5. The molecular weight excluding hydrogens is 374 g/mol. The van der Waals surface area contributed by atoms with Crippen LogP contribution in [0.4, 0.5) is 4.79 Å². The smallest absolute Gasteiger partial charge is 0.413 e. The minimum absolute atomic E-state index is 0.626. The van der Waals surface area contributed by atoms with Crippen LogP contribution in [0.1, 0.15) is 44.2 Å². The maximum absolute atomic E-state index is 13.1. The molecule has 1 N–H and O–H groups in total. The first-order valence-corrected chi connectivity index (χ1v) is 9.30. The monoisotopic (exact) mass is 399 g/mol. The van der Waals surface area contributed by atoms with E-state index in [4.69, 9.17) is 14.2 Å². The van der Waals surface area contributed by atoms with Crippen LogP contribution >= 0.6 is 0 Å². The van der Waals surface area contributed by atoms with Gasteiger partial charge in [-0.1, -0.05) is 42.5 Å². The Bertz CT molecular complexity index is 859. The normalized spacial score (nSPS) is 21.7. The van der Waals surface area contributed by atoms with Gasteiger partial charge in [-0.25, -0.2) is 9.59 Å². The van der Waals surface area contributed by atoms with E-state index in [1.54, 1.807) is 76.4 Å². The Kier molecular flexibility index (Phi) is 5.79. The number of benzene rings is 2. The molecule has 3 atom stereocenters. The van der Waals surface area contributed by atoms with Crippen molar-refractivity contribution in [2.75, 3.05) is 7.11 Å². The van der Waals surface area contributed by atoms with Gasteiger partial charge in [0, 0.05) is 5.56 Å². The largest absolute Gasteiger partial charge is 0.497 e. The van der Waals surface area contributed by atoms with Gasteiger partial charge in [0.05, 0.1) is 7.11 Å². The Morgan fingerprint density at radius 3 is 2.14 bits per heavy atom. The molecule has 1 aliphatic heterocycles. The van der Waals surface area contributed by atoms with Gasteiger partial charge in [-0.2, -0.15) is 0 Å². The fourth-order valence-electron chi connectivity index (χ4n) is 3.28. The highest BCUT2D eigenvalue weighted by molar-refractivity contribution is 5.77. The van der Waals surface area contributed by atoms with Crippen molar-refractivity contribution in [3.05, 3.63) is 65.7 Å². The minimum atomic E-state index is -1.24. The van der Waals surface area contributed by atoms with Crippen LogP contribution in [0.2, 0.25) is 0 Å². The number of methoxy groups -OCH3 is 1. The van der Waals surface area contributed by atoms with Crippen LogP contribution in [0.25, 0.3) is 0 Å². The molecule has 0 aliphatic carbocycles. The van der Waals surface area contributed by atoms with Crippen molar-refractivity contribution in [1.82, 2.24) is 4.90 Å². The van der Waals surface area contributed by atoms with Crippen molar-refractivity contribution >= 4 is 12.1 Å². The molecular formula is C22H25NO6. The molecule has 1 amide bonds. The quantitative estimate of drug-likeness (QED) is 0.831. The molecule has 1 fully saturated rings. The molecule has 0 aromatic heterocycles. The number of aliphatic carboxylic acids is 1. The van der Waals surface area contributed by atoms with E-state index in [0.29, 0.717) is 16.9 Å². The number of carboxylic acids is 1. The molecule has 0 saturated carbocycles. The first-order valence-electron chi connectivity index (χ1n) is 9.30. The van der Waals surface area contributed by atoms with Crippen LogP contribution in [0.5, 0.6) is 5.75 Å². The Labute approximate surface area is 169 Å². The molecule has 3 rings (SSSR count). The molecule has 0 unspecified atom stereocenters. The van der Waals surface area contributed by atoms with E-state index in [0.717, 1.165) is 0 Å². The molecule has 0 bridgehead atoms. The van der Waals surface area contributed by atoms with Crippen LogP contribution in [0.15, 0.2) is 54.6 Å². The van der Waals surface area contributed by atoms with Gasteiger partial charge in [0.15, 0.2) is 12.3 Å². The van der Waals surface area contributed by atoms with Crippen molar-refractivity contribution in [3.8, 4) is 5.75 Å². The summed E-state index contributed by atoms with van der Waals surface area (Å²) in [7, 11) is 1.56. The summed E-state index contributed by atoms with van der Waals surface area (Å²) in [6.45, 7) is 5.28. The third kappa shape index (κ3) is 4.51. The van der Waals surface area contributed by atoms with Crippen LogP contribution in [0, 0.1) is 0 Å². The number of amides is 1. The fraction of sp³-hybridized carbons (Fsp3) is 0.364. The van der Waals surface area contributed by atoms with Crippen molar-refractivity contribution in [3.63, 3.8) is 0 Å². The predicted molar refractivity (Wildman–Crippen MR) is 105 cm³/mol. The molecule has 154 valence electrons. The summed E-state index contributed by atoms with van der Waals surface area (Å²) in [5.74, 6) is -0.506. The molecule has 2 aromatic rings. The van der Waals surface area contributed by atoms with Gasteiger partial charge >= 0.3 is 12.1 Å². The summed E-state index contributed by atoms with van der Waals surface area (Å²) in [5.41, 5.74) is 0.535. The molecule has 0 spiro atoms. The summed E-state index contributed by atoms with van der Waals surface area (Å²) in [5, 5.41) is 9.80. The molecule has 7 heteroatoms. The number of ether oxygens (including phenoxy) is 3. The highest BCUT2D eigenvalue weighted by Crippen LogP contribution is 2.44. The zero-order valence-electron chi connectivity index (χ0n) is 16.9. The Hall–Kier alpha value is -3.06. The second kappa shape index (κ2) is 8.13. The van der Waals surface area contributed by atoms with Crippen LogP contribution in [-0.4, -0.2) is 40.9 Å². The van der Waals surface area contributed by atoms with Gasteiger partial charge in [-0.05, 0) is 38.5 Å². The van der Waals surface area contributed by atoms with Gasteiger partial charge in [-0.3, -0.25) is 4.90 Å². The standard InChI is InChI=1S/C22H25NO6/c1-22(2,3)29-21(26)23-17(14-8-6-5-7-9-14)18(20(24)25)28-19(23)15-10-12-16(27-4)13-11-15/h5-13,17-19H,1-4H3,(H,24,25)/t17-,18-,19+/m0/s1. The summed E-state index contributed by atoms with van der Waals surface area (Å²) < 4.78 is 16.7. The third-order valence-electron chi connectivity index (χ3n) is 4.50. The van der Waals surface area contributed by atoms with Crippen LogP contribution < -0.4 is 4.74 Å². The molecule has 1 aliphatic rings. The van der Waals surface area contributed by atoms with Gasteiger partial charge in [0.25, 0.3) is 0 Å². The highest BCUT2D eigenvalue weighted by Gasteiger charge is 2.51. The van der Waals surface area contributed by atoms with E-state index in [-0.39, 0.29) is 0 Å². The summed E-state index contributed by atoms with van der Waals surface area (Å²) in [6, 6.07) is 15.1. The maximum atomic E-state index is 13.1. The number of carbonyl (C=O) groups is 2. The zero-order valence-corrected chi connectivity index (χ0v) is 16.9. The van der Waals surface area contributed by atoms with E-state index in [2.05, 4.69) is 0 Å². The number of carboxylic acid groups (broad SMARTS) is 1. The van der Waals surface area contributed by atoms with Gasteiger partial charge in [0.1, 0.15) is 17.4 Å². The van der Waals surface area contributed by atoms with E-state index in [9.17, 15) is 14.7 Å². The Morgan fingerprint density at radius 2 is 1.62 bits per heavy atom. The lowest BCUT2D eigenvalue weighted by atomic mass is 10.0. The van der Waals surface area contributed by atoms with E-state index < -0.39 is 36.0 Å². The number of hydrogen-bond donors (Lipinski definition) is 1. The van der Waals surface area contributed by atoms with Crippen molar-refractivity contribution in [2.45, 2.75) is 44.7 Å². The average molecular weight is 399 g/mol. The first kappa shape index (κ1) is 20.7. The van der Waals surface area contributed by atoms with E-state index in [1.165, 1.54) is 4.90 Å². The highest BCUT2D eigenvalue weighted by atomic mass is 16.6. The second-order valence-electron chi connectivity index (χ2n) is 7.76. The lowest BCUT2D eigenvalue weighted by Gasteiger charge is -2.31. The molecule has 7 nitrogen and oxygen atoms in total. The summed E-state index contributed by atoms with van der Waals surface area (Å²) >= 11 is 0. The molecule has 29 heavy (non-hydrogen) atoms. The van der Waals surface area contributed by atoms with E-state index in [1.807, 2.05) is 6.07 Å². The average Bonchev–Trinajstić information content (AvgIpc) is 3.08.